The average molecular weight is 123 g/mol. The van der Waals surface area contributed by atoms with Gasteiger partial charge >= 0.3 is 0 Å². The summed E-state index contributed by atoms with van der Waals surface area (Å²) >= 11 is 0. The Morgan fingerprint density at radius 1 is 1.67 bits per heavy atom. The predicted octanol–water partition coefficient (Wildman–Crippen LogP) is 1.13. The molecule has 0 N–H and O–H groups in total. The minimum atomic E-state index is 0.727. The van der Waals surface area contributed by atoms with Crippen LogP contribution in [0.3, 0.4) is 0 Å². The minimum absolute atomic E-state index is 0.727. The quantitative estimate of drug-likeness (QED) is 0.401. The van der Waals surface area contributed by atoms with Crippen LogP contribution in [0.5, 0.6) is 0 Å². The van der Waals surface area contributed by atoms with Crippen LogP contribution in [0.1, 0.15) is 6.92 Å². The highest BCUT2D eigenvalue weighted by molar-refractivity contribution is 4.89. The molecule has 0 aliphatic carbocycles. The van der Waals surface area contributed by atoms with Gasteiger partial charge in [-0.15, -0.1) is 6.42 Å². The second-order valence-electron chi connectivity index (χ2n) is 1.97. The normalized spacial score (nSPS) is 10.4. The fraction of sp³-hybridized carbons (Fsp3) is 0.500. The second-order valence-corrected chi connectivity index (χ2v) is 1.97. The molecule has 0 aliphatic rings. The maximum Gasteiger partial charge on any atom is 0.0599 e. The molecule has 0 amide bonds. The number of terminal acetylenes is 1. The summed E-state index contributed by atoms with van der Waals surface area (Å²) in [5, 5.41) is 0. The number of nitrogens with zero attached hydrogens (tertiary/aromatic N) is 1. The summed E-state index contributed by atoms with van der Waals surface area (Å²) in [5.74, 6) is 2.57. The maximum atomic E-state index is 5.09. The van der Waals surface area contributed by atoms with Crippen LogP contribution in [-0.4, -0.2) is 25.0 Å². The number of hydrogen-bond donors (Lipinski definition) is 0. The fourth-order valence-electron chi connectivity index (χ4n) is 0.506. The summed E-state index contributed by atoms with van der Waals surface area (Å²) in [6, 6.07) is 0. The molecule has 0 rings (SSSR count). The van der Waals surface area contributed by atoms with E-state index in [1.807, 2.05) is 20.0 Å². The topological polar surface area (TPSA) is 3.24 Å². The highest BCUT2D eigenvalue weighted by Crippen LogP contribution is 1.80. The summed E-state index contributed by atoms with van der Waals surface area (Å²) in [4.78, 5) is 2.07. The Bertz CT molecular complexity index is 119. The Hall–Kier alpha value is -0.740. The van der Waals surface area contributed by atoms with E-state index in [0.717, 1.165) is 13.1 Å². The molecule has 0 aromatic rings. The molecule has 0 unspecified atom stereocenters. The molecule has 1 heteroatoms. The smallest absolute Gasteiger partial charge is 0.0599 e. The number of hydrogen-bond acceptors (Lipinski definition) is 1. The van der Waals surface area contributed by atoms with Gasteiger partial charge in [0.15, 0.2) is 0 Å². The molecule has 0 aromatic heterocycles. The van der Waals surface area contributed by atoms with E-state index in [9.17, 15) is 0 Å². The largest absolute Gasteiger partial charge is 0.292 e. The van der Waals surface area contributed by atoms with Gasteiger partial charge in [0.25, 0.3) is 0 Å². The highest BCUT2D eigenvalue weighted by Gasteiger charge is 1.87. The summed E-state index contributed by atoms with van der Waals surface area (Å²) in [7, 11) is 2.00. The lowest BCUT2D eigenvalue weighted by Gasteiger charge is -2.08. The van der Waals surface area contributed by atoms with Gasteiger partial charge in [0.05, 0.1) is 6.54 Å². The standard InChI is InChI=1S/C8H13N/c1-4-6-8-9(3)7-5-2/h2,4,6H,7-8H2,1,3H3/b6-4+. The van der Waals surface area contributed by atoms with Gasteiger partial charge in [-0.3, -0.25) is 4.90 Å². The average Bonchev–Trinajstić information content (AvgIpc) is 1.85. The fourth-order valence-corrected chi connectivity index (χ4v) is 0.506. The van der Waals surface area contributed by atoms with E-state index in [0.29, 0.717) is 0 Å². The van der Waals surface area contributed by atoms with Gasteiger partial charge < -0.3 is 0 Å². The van der Waals surface area contributed by atoms with Gasteiger partial charge in [-0.25, -0.2) is 0 Å². The Morgan fingerprint density at radius 2 is 2.33 bits per heavy atom. The van der Waals surface area contributed by atoms with Crippen LogP contribution in [0.15, 0.2) is 12.2 Å². The molecule has 0 aliphatic heterocycles. The number of likely N-dealkylation sites (N-methyl/N-ethyl adjacent to an activating group) is 1. The molecule has 0 saturated heterocycles. The summed E-state index contributed by atoms with van der Waals surface area (Å²) in [5.41, 5.74) is 0. The van der Waals surface area contributed by atoms with Crippen molar-refractivity contribution in [3.8, 4) is 12.3 Å². The summed E-state index contributed by atoms with van der Waals surface area (Å²) < 4.78 is 0. The Morgan fingerprint density at radius 3 is 2.78 bits per heavy atom. The highest BCUT2D eigenvalue weighted by atomic mass is 15.1. The Balaban J connectivity index is 3.29. The van der Waals surface area contributed by atoms with Crippen LogP contribution >= 0.6 is 0 Å². The van der Waals surface area contributed by atoms with Crippen LogP contribution in [-0.2, 0) is 0 Å². The van der Waals surface area contributed by atoms with Crippen molar-refractivity contribution >= 4 is 0 Å². The molecule has 0 saturated carbocycles. The minimum Gasteiger partial charge on any atom is -0.292 e. The third kappa shape index (κ3) is 5.13. The van der Waals surface area contributed by atoms with Gasteiger partial charge in [0, 0.05) is 6.54 Å². The first-order valence-electron chi connectivity index (χ1n) is 3.04. The van der Waals surface area contributed by atoms with E-state index < -0.39 is 0 Å². The Labute approximate surface area is 57.4 Å². The lowest BCUT2D eigenvalue weighted by Crippen LogP contribution is -2.17. The summed E-state index contributed by atoms with van der Waals surface area (Å²) in [6.45, 7) is 3.68. The third-order valence-corrected chi connectivity index (χ3v) is 1.01. The SMILES string of the molecule is C#CCN(C)C/C=C/C. The van der Waals surface area contributed by atoms with E-state index in [1.165, 1.54) is 0 Å². The first kappa shape index (κ1) is 8.26. The third-order valence-electron chi connectivity index (χ3n) is 1.01. The van der Waals surface area contributed by atoms with E-state index in [2.05, 4.69) is 16.9 Å². The first-order chi connectivity index (χ1) is 4.31. The van der Waals surface area contributed by atoms with Crippen molar-refractivity contribution in [2.24, 2.45) is 0 Å². The molecule has 9 heavy (non-hydrogen) atoms. The van der Waals surface area contributed by atoms with Crippen LogP contribution in [0.25, 0.3) is 0 Å². The Kier molecular flexibility index (Phi) is 4.95. The molecule has 0 atom stereocenters. The van der Waals surface area contributed by atoms with Crippen molar-refractivity contribution in [1.29, 1.82) is 0 Å². The zero-order valence-corrected chi connectivity index (χ0v) is 6.09. The van der Waals surface area contributed by atoms with E-state index in [4.69, 9.17) is 6.42 Å². The van der Waals surface area contributed by atoms with E-state index >= 15 is 0 Å². The van der Waals surface area contributed by atoms with Gasteiger partial charge in [-0.2, -0.15) is 0 Å². The van der Waals surface area contributed by atoms with Crippen molar-refractivity contribution in [3.63, 3.8) is 0 Å². The van der Waals surface area contributed by atoms with Crippen molar-refractivity contribution in [1.82, 2.24) is 4.90 Å². The van der Waals surface area contributed by atoms with Crippen molar-refractivity contribution in [2.75, 3.05) is 20.1 Å². The molecule has 0 heterocycles. The first-order valence-corrected chi connectivity index (χ1v) is 3.04. The zero-order valence-electron chi connectivity index (χ0n) is 6.09. The van der Waals surface area contributed by atoms with Crippen LogP contribution in [0.2, 0.25) is 0 Å². The number of rotatable bonds is 3. The van der Waals surface area contributed by atoms with E-state index in [-0.39, 0.29) is 0 Å². The molecule has 0 fully saturated rings. The van der Waals surface area contributed by atoms with Crippen molar-refractivity contribution < 1.29 is 0 Å². The molecule has 50 valence electrons. The van der Waals surface area contributed by atoms with Crippen LogP contribution in [0, 0.1) is 12.3 Å². The van der Waals surface area contributed by atoms with Crippen molar-refractivity contribution in [3.05, 3.63) is 12.2 Å². The van der Waals surface area contributed by atoms with Crippen molar-refractivity contribution in [2.45, 2.75) is 6.92 Å². The second kappa shape index (κ2) is 5.40. The predicted molar refractivity (Wildman–Crippen MR) is 41.1 cm³/mol. The molecule has 0 spiro atoms. The van der Waals surface area contributed by atoms with E-state index in [1.54, 1.807) is 0 Å². The van der Waals surface area contributed by atoms with Gasteiger partial charge in [-0.05, 0) is 14.0 Å². The molecule has 1 nitrogen and oxygen atoms in total. The molecular formula is C8H13N. The molecule has 0 aromatic carbocycles. The maximum absolute atomic E-state index is 5.09. The molecule has 0 bridgehead atoms. The lowest BCUT2D eigenvalue weighted by atomic mass is 10.4. The lowest BCUT2D eigenvalue weighted by molar-refractivity contribution is 0.419. The van der Waals surface area contributed by atoms with Gasteiger partial charge in [0.2, 0.25) is 0 Å². The van der Waals surface area contributed by atoms with Crippen LogP contribution in [0.4, 0.5) is 0 Å². The molecular weight excluding hydrogens is 110 g/mol. The van der Waals surface area contributed by atoms with Crippen LogP contribution < -0.4 is 0 Å². The molecule has 0 radical (unpaired) electrons. The van der Waals surface area contributed by atoms with Gasteiger partial charge in [-0.1, -0.05) is 18.1 Å². The van der Waals surface area contributed by atoms with Gasteiger partial charge in [0.1, 0.15) is 0 Å². The zero-order chi connectivity index (χ0) is 7.11. The monoisotopic (exact) mass is 123 g/mol. The summed E-state index contributed by atoms with van der Waals surface area (Å²) in [6.07, 6.45) is 9.19. The number of allylic oxidation sites excluding steroid dienone is 1.